The Morgan fingerprint density at radius 2 is 1.88 bits per heavy atom. The quantitative estimate of drug-likeness (QED) is 0.755. The molecule has 0 saturated carbocycles. The van der Waals surface area contributed by atoms with Crippen molar-refractivity contribution in [3.63, 3.8) is 0 Å². The second-order valence-corrected chi connectivity index (χ2v) is 6.22. The van der Waals surface area contributed by atoms with E-state index in [1.54, 1.807) is 13.0 Å². The van der Waals surface area contributed by atoms with E-state index in [9.17, 15) is 14.0 Å². The molecule has 126 valence electrons. The molecule has 0 amide bonds. The van der Waals surface area contributed by atoms with Gasteiger partial charge in [-0.3, -0.25) is 9.78 Å². The van der Waals surface area contributed by atoms with Crippen LogP contribution in [-0.2, 0) is 6.42 Å². The number of nitrogens with one attached hydrogen (secondary N) is 2. The Hall–Kier alpha value is -3.15. The third-order valence-electron chi connectivity index (χ3n) is 4.41. The van der Waals surface area contributed by atoms with E-state index in [0.29, 0.717) is 23.4 Å². The maximum atomic E-state index is 13.7. The zero-order chi connectivity index (χ0) is 17.6. The monoisotopic (exact) mass is 337 g/mol. The summed E-state index contributed by atoms with van der Waals surface area (Å²) < 4.78 is 14.7. The lowest BCUT2D eigenvalue weighted by Crippen LogP contribution is -2.35. The van der Waals surface area contributed by atoms with Crippen molar-refractivity contribution in [3.05, 3.63) is 91.9 Å². The Bertz CT molecular complexity index is 1050. The van der Waals surface area contributed by atoms with Gasteiger partial charge in [-0.15, -0.1) is 0 Å². The fourth-order valence-electron chi connectivity index (χ4n) is 3.28. The number of benzene rings is 2. The molecule has 0 saturated heterocycles. The molecule has 3 aromatic rings. The minimum absolute atomic E-state index is 0.0790. The summed E-state index contributed by atoms with van der Waals surface area (Å²) in [5, 5.41) is 3.19. The van der Waals surface area contributed by atoms with Gasteiger partial charge in [-0.25, -0.2) is 13.8 Å². The number of rotatable bonds is 2. The lowest BCUT2D eigenvalue weighted by Gasteiger charge is -2.10. The molecule has 1 aromatic heterocycles. The number of nitrogens with zero attached hydrogens (tertiary/aromatic N) is 1. The molecule has 2 heterocycles. The summed E-state index contributed by atoms with van der Waals surface area (Å²) in [6.07, 6.45) is 0.462. The summed E-state index contributed by atoms with van der Waals surface area (Å²) in [6, 6.07) is 13.8. The number of anilines is 1. The first kappa shape index (κ1) is 15.4. The summed E-state index contributed by atoms with van der Waals surface area (Å²) in [6.45, 7) is 1.71. The van der Waals surface area contributed by atoms with Crippen molar-refractivity contribution < 1.29 is 4.39 Å². The molecule has 1 aliphatic heterocycles. The average Bonchev–Trinajstić information content (AvgIpc) is 2.99. The average molecular weight is 337 g/mol. The SMILES string of the molecule is Cc1cc(F)cc(-n2c(=O)[nH]c3c(c2=O)C[C@H](c2ccccc2)N3)c1. The maximum absolute atomic E-state index is 13.7. The standard InChI is InChI=1S/C19H16FN3O2/c1-11-7-13(20)9-14(8-11)23-18(24)15-10-16(12-5-3-2-4-6-12)21-17(15)22-19(23)25/h2-9,16,21H,10H2,1H3,(H,22,25)/t16-/m1/s1. The summed E-state index contributed by atoms with van der Waals surface area (Å²) in [7, 11) is 0. The molecule has 0 spiro atoms. The minimum atomic E-state index is -0.588. The molecule has 5 nitrogen and oxygen atoms in total. The zero-order valence-electron chi connectivity index (χ0n) is 13.5. The molecule has 0 bridgehead atoms. The van der Waals surface area contributed by atoms with Gasteiger partial charge < -0.3 is 5.32 Å². The van der Waals surface area contributed by atoms with Crippen LogP contribution in [0.25, 0.3) is 5.69 Å². The van der Waals surface area contributed by atoms with E-state index in [1.165, 1.54) is 12.1 Å². The van der Waals surface area contributed by atoms with Gasteiger partial charge in [0, 0.05) is 6.42 Å². The third kappa shape index (κ3) is 2.65. The highest BCUT2D eigenvalue weighted by Gasteiger charge is 2.27. The van der Waals surface area contributed by atoms with Crippen LogP contribution in [0, 0.1) is 12.7 Å². The summed E-state index contributed by atoms with van der Waals surface area (Å²) in [5.74, 6) is -0.0460. The zero-order valence-corrected chi connectivity index (χ0v) is 13.5. The number of hydrogen-bond donors (Lipinski definition) is 2. The second kappa shape index (κ2) is 5.73. The van der Waals surface area contributed by atoms with Gasteiger partial charge in [0.1, 0.15) is 11.6 Å². The summed E-state index contributed by atoms with van der Waals surface area (Å²) in [4.78, 5) is 28.0. The van der Waals surface area contributed by atoms with Crippen molar-refractivity contribution in [2.45, 2.75) is 19.4 Å². The minimum Gasteiger partial charge on any atom is -0.364 e. The summed E-state index contributed by atoms with van der Waals surface area (Å²) >= 11 is 0. The smallest absolute Gasteiger partial charge is 0.334 e. The number of halogens is 1. The number of hydrogen-bond acceptors (Lipinski definition) is 3. The van der Waals surface area contributed by atoms with Crippen LogP contribution in [0.1, 0.15) is 22.7 Å². The molecule has 2 aromatic carbocycles. The molecule has 1 atom stereocenters. The van der Waals surface area contributed by atoms with Crippen molar-refractivity contribution in [3.8, 4) is 5.69 Å². The molecule has 0 radical (unpaired) electrons. The van der Waals surface area contributed by atoms with Crippen LogP contribution < -0.4 is 16.6 Å². The van der Waals surface area contributed by atoms with Gasteiger partial charge in [0.25, 0.3) is 5.56 Å². The number of aromatic nitrogens is 2. The topological polar surface area (TPSA) is 66.9 Å². The third-order valence-corrected chi connectivity index (χ3v) is 4.41. The highest BCUT2D eigenvalue weighted by atomic mass is 19.1. The molecule has 1 aliphatic rings. The van der Waals surface area contributed by atoms with Gasteiger partial charge >= 0.3 is 5.69 Å². The van der Waals surface area contributed by atoms with Gasteiger partial charge in [-0.1, -0.05) is 30.3 Å². The van der Waals surface area contributed by atoms with Gasteiger partial charge in [-0.2, -0.15) is 0 Å². The van der Waals surface area contributed by atoms with Crippen LogP contribution in [0.3, 0.4) is 0 Å². The van der Waals surface area contributed by atoms with Gasteiger partial charge in [-0.05, 0) is 36.2 Å². The van der Waals surface area contributed by atoms with E-state index >= 15 is 0 Å². The molecule has 4 rings (SSSR count). The Morgan fingerprint density at radius 1 is 1.12 bits per heavy atom. The molecule has 6 heteroatoms. The molecule has 0 fully saturated rings. The van der Waals surface area contributed by atoms with Crippen molar-refractivity contribution in [2.75, 3.05) is 5.32 Å². The Morgan fingerprint density at radius 3 is 2.60 bits per heavy atom. The first-order valence-electron chi connectivity index (χ1n) is 8.00. The highest BCUT2D eigenvalue weighted by molar-refractivity contribution is 5.52. The van der Waals surface area contributed by atoms with E-state index in [4.69, 9.17) is 0 Å². The molecular weight excluding hydrogens is 321 g/mol. The van der Waals surface area contributed by atoms with Crippen molar-refractivity contribution in [1.29, 1.82) is 0 Å². The van der Waals surface area contributed by atoms with Crippen molar-refractivity contribution >= 4 is 5.82 Å². The highest BCUT2D eigenvalue weighted by Crippen LogP contribution is 2.30. The van der Waals surface area contributed by atoms with E-state index in [-0.39, 0.29) is 11.7 Å². The number of aryl methyl sites for hydroxylation is 1. The Kier molecular flexibility index (Phi) is 3.53. The van der Waals surface area contributed by atoms with Gasteiger partial charge in [0.2, 0.25) is 0 Å². The van der Waals surface area contributed by atoms with Crippen LogP contribution in [0.2, 0.25) is 0 Å². The van der Waals surface area contributed by atoms with Crippen LogP contribution in [0.15, 0.2) is 58.1 Å². The summed E-state index contributed by atoms with van der Waals surface area (Å²) in [5.41, 5.74) is 1.39. The maximum Gasteiger partial charge on any atom is 0.334 e. The predicted molar refractivity (Wildman–Crippen MR) is 93.9 cm³/mol. The van der Waals surface area contributed by atoms with Crippen LogP contribution in [0.4, 0.5) is 10.2 Å². The van der Waals surface area contributed by atoms with Gasteiger partial charge in [0.05, 0.1) is 17.3 Å². The molecule has 2 N–H and O–H groups in total. The molecule has 0 aliphatic carbocycles. The molecule has 25 heavy (non-hydrogen) atoms. The van der Waals surface area contributed by atoms with Gasteiger partial charge in [0.15, 0.2) is 0 Å². The lowest BCUT2D eigenvalue weighted by atomic mass is 10.0. The Balaban J connectivity index is 1.82. The lowest BCUT2D eigenvalue weighted by molar-refractivity contribution is 0.624. The first-order valence-corrected chi connectivity index (χ1v) is 8.00. The van der Waals surface area contributed by atoms with E-state index < -0.39 is 17.1 Å². The van der Waals surface area contributed by atoms with E-state index in [1.807, 2.05) is 30.3 Å². The normalized spacial score (nSPS) is 15.7. The van der Waals surface area contributed by atoms with E-state index in [0.717, 1.165) is 10.1 Å². The van der Waals surface area contributed by atoms with Crippen LogP contribution >= 0.6 is 0 Å². The largest absolute Gasteiger partial charge is 0.364 e. The molecule has 0 unspecified atom stereocenters. The fourth-order valence-corrected chi connectivity index (χ4v) is 3.28. The second-order valence-electron chi connectivity index (χ2n) is 6.22. The number of fused-ring (bicyclic) bond motifs is 1. The number of H-pyrrole nitrogens is 1. The Labute approximate surface area is 142 Å². The van der Waals surface area contributed by atoms with E-state index in [2.05, 4.69) is 10.3 Å². The van der Waals surface area contributed by atoms with Crippen LogP contribution in [0.5, 0.6) is 0 Å². The molecular formula is C19H16FN3O2. The number of aromatic amines is 1. The predicted octanol–water partition coefficient (Wildman–Crippen LogP) is 2.68. The van der Waals surface area contributed by atoms with Crippen molar-refractivity contribution in [1.82, 2.24) is 9.55 Å². The van der Waals surface area contributed by atoms with Crippen LogP contribution in [-0.4, -0.2) is 9.55 Å². The fraction of sp³-hybridized carbons (Fsp3) is 0.158. The first-order chi connectivity index (χ1) is 12.0. The van der Waals surface area contributed by atoms with Crippen molar-refractivity contribution in [2.24, 2.45) is 0 Å².